The van der Waals surface area contributed by atoms with Gasteiger partial charge in [0, 0.05) is 6.54 Å². The van der Waals surface area contributed by atoms with E-state index in [0.29, 0.717) is 16.0 Å². The van der Waals surface area contributed by atoms with E-state index >= 15 is 0 Å². The van der Waals surface area contributed by atoms with Gasteiger partial charge in [-0.05, 0) is 44.9 Å². The van der Waals surface area contributed by atoms with E-state index in [9.17, 15) is 0 Å². The molecule has 110 valence electrons. The number of aromatic nitrogens is 2. The number of rotatable bonds is 6. The molecule has 0 aliphatic rings. The van der Waals surface area contributed by atoms with Crippen LogP contribution in [0.4, 0.5) is 0 Å². The lowest BCUT2D eigenvalue weighted by Gasteiger charge is -2.18. The number of hydrogen-bond donors (Lipinski definition) is 1. The van der Waals surface area contributed by atoms with Gasteiger partial charge in [-0.1, -0.05) is 11.6 Å². The predicted octanol–water partition coefficient (Wildman–Crippen LogP) is 2.65. The smallest absolute Gasteiger partial charge is 0.193 e. The van der Waals surface area contributed by atoms with Crippen LogP contribution < -0.4 is 5.32 Å². The quantitative estimate of drug-likeness (QED) is 0.890. The molecule has 2 aromatic rings. The maximum absolute atomic E-state index is 6.28. The van der Waals surface area contributed by atoms with E-state index in [1.165, 1.54) is 0 Å². The number of likely N-dealkylation sites (N-methyl/N-ethyl adjacent to an activating group) is 1. The average Bonchev–Trinajstić information content (AvgIpc) is 2.97. The molecule has 0 bridgehead atoms. The van der Waals surface area contributed by atoms with Gasteiger partial charge < -0.3 is 14.6 Å². The Morgan fingerprint density at radius 2 is 2.15 bits per heavy atom. The number of nitrogens with one attached hydrogen (secondary N) is 1. The Morgan fingerprint density at radius 1 is 1.40 bits per heavy atom. The topological polar surface area (TPSA) is 46.2 Å². The lowest BCUT2D eigenvalue weighted by atomic mass is 10.1. The number of hydrogen-bond acceptors (Lipinski definition) is 4. The van der Waals surface area contributed by atoms with Crippen LogP contribution in [0.1, 0.15) is 17.5 Å². The van der Waals surface area contributed by atoms with Crippen LogP contribution in [0.5, 0.6) is 0 Å². The monoisotopic (exact) mass is 316 g/mol. The molecule has 0 aromatic carbocycles. The zero-order chi connectivity index (χ0) is 14.7. The highest BCUT2D eigenvalue weighted by molar-refractivity contribution is 6.31. The molecule has 5 nitrogen and oxygen atoms in total. The summed E-state index contributed by atoms with van der Waals surface area (Å²) in [4.78, 5) is 2.09. The number of furan rings is 1. The number of halogens is 2. The molecule has 0 spiro atoms. The summed E-state index contributed by atoms with van der Waals surface area (Å²) in [5, 5.41) is 8.49. The average molecular weight is 317 g/mol. The molecule has 0 fully saturated rings. The van der Waals surface area contributed by atoms with Crippen molar-refractivity contribution in [3.05, 3.63) is 40.0 Å². The highest BCUT2D eigenvalue weighted by atomic mass is 35.5. The third-order valence-corrected chi connectivity index (χ3v) is 3.53. The highest BCUT2D eigenvalue weighted by Crippen LogP contribution is 2.30. The minimum absolute atomic E-state index is 0.181. The van der Waals surface area contributed by atoms with Crippen molar-refractivity contribution in [2.24, 2.45) is 0 Å². The van der Waals surface area contributed by atoms with Gasteiger partial charge in [-0.3, -0.25) is 4.68 Å². The minimum Gasteiger partial charge on any atom is -0.448 e. The summed E-state index contributed by atoms with van der Waals surface area (Å²) < 4.78 is 7.38. The first-order valence-corrected chi connectivity index (χ1v) is 7.07. The summed E-state index contributed by atoms with van der Waals surface area (Å²) in [6, 6.07) is 3.37. The van der Waals surface area contributed by atoms with E-state index in [-0.39, 0.29) is 6.04 Å². The maximum Gasteiger partial charge on any atom is 0.193 e. The van der Waals surface area contributed by atoms with Crippen LogP contribution in [-0.4, -0.2) is 42.4 Å². The first kappa shape index (κ1) is 15.4. The van der Waals surface area contributed by atoms with Crippen LogP contribution in [-0.2, 0) is 6.54 Å². The van der Waals surface area contributed by atoms with E-state index in [1.807, 2.05) is 31.9 Å². The van der Waals surface area contributed by atoms with E-state index in [1.54, 1.807) is 12.3 Å². The van der Waals surface area contributed by atoms with Gasteiger partial charge in [0.1, 0.15) is 11.8 Å². The van der Waals surface area contributed by atoms with Crippen LogP contribution in [0.2, 0.25) is 10.2 Å². The fraction of sp³-hybridized carbons (Fsp3) is 0.462. The second-order valence-electron chi connectivity index (χ2n) is 4.77. The molecule has 0 saturated heterocycles. The van der Waals surface area contributed by atoms with Crippen molar-refractivity contribution in [1.29, 1.82) is 0 Å². The predicted molar refractivity (Wildman–Crippen MR) is 80.4 cm³/mol. The maximum atomic E-state index is 6.28. The first-order chi connectivity index (χ1) is 9.52. The summed E-state index contributed by atoms with van der Waals surface area (Å²) in [6.45, 7) is 1.63. The molecular formula is C13H18Cl2N4O. The number of nitrogens with zero attached hydrogens (tertiary/aromatic N) is 3. The molecule has 7 heteroatoms. The Kier molecular flexibility index (Phi) is 5.10. The fourth-order valence-corrected chi connectivity index (χ4v) is 2.43. The lowest BCUT2D eigenvalue weighted by molar-refractivity contribution is 0.362. The van der Waals surface area contributed by atoms with Gasteiger partial charge in [0.15, 0.2) is 5.22 Å². The third kappa shape index (κ3) is 3.35. The Balaban J connectivity index is 2.31. The molecule has 0 aliphatic carbocycles. The van der Waals surface area contributed by atoms with Gasteiger partial charge in [0.25, 0.3) is 0 Å². The van der Waals surface area contributed by atoms with Gasteiger partial charge >= 0.3 is 0 Å². The van der Waals surface area contributed by atoms with E-state index in [4.69, 9.17) is 27.6 Å². The molecule has 2 heterocycles. The third-order valence-electron chi connectivity index (χ3n) is 3.03. The van der Waals surface area contributed by atoms with Gasteiger partial charge in [-0.15, -0.1) is 0 Å². The summed E-state index contributed by atoms with van der Waals surface area (Å²) >= 11 is 12.1. The highest BCUT2D eigenvalue weighted by Gasteiger charge is 2.23. The molecular weight excluding hydrogens is 299 g/mol. The largest absolute Gasteiger partial charge is 0.448 e. The zero-order valence-corrected chi connectivity index (χ0v) is 13.2. The standard InChI is InChI=1S/C13H18Cl2N4O/c1-16-12(10-4-5-11(15)20-10)13-9(14)8-17-19(13)7-6-18(2)3/h4-5,8,12,16H,6-7H2,1-3H3. The van der Waals surface area contributed by atoms with E-state index < -0.39 is 0 Å². The summed E-state index contributed by atoms with van der Waals surface area (Å²) in [7, 11) is 5.89. The van der Waals surface area contributed by atoms with E-state index in [0.717, 1.165) is 18.8 Å². The molecule has 0 aliphatic heterocycles. The van der Waals surface area contributed by atoms with Gasteiger partial charge in [-0.25, -0.2) is 0 Å². The SMILES string of the molecule is CNC(c1ccc(Cl)o1)c1c(Cl)cnn1CCN(C)C. The summed E-state index contributed by atoms with van der Waals surface area (Å²) in [5.74, 6) is 0.714. The molecule has 0 amide bonds. The second kappa shape index (κ2) is 6.63. The van der Waals surface area contributed by atoms with Crippen molar-refractivity contribution < 1.29 is 4.42 Å². The molecule has 1 unspecified atom stereocenters. The van der Waals surface area contributed by atoms with Gasteiger partial charge in [-0.2, -0.15) is 5.10 Å². The Morgan fingerprint density at radius 3 is 2.70 bits per heavy atom. The van der Waals surface area contributed by atoms with Crippen molar-refractivity contribution in [3.63, 3.8) is 0 Å². The van der Waals surface area contributed by atoms with Crippen molar-refractivity contribution >= 4 is 23.2 Å². The van der Waals surface area contributed by atoms with Crippen LogP contribution in [0.3, 0.4) is 0 Å². The molecule has 1 atom stereocenters. The van der Waals surface area contributed by atoms with Crippen LogP contribution >= 0.6 is 23.2 Å². The molecule has 1 N–H and O–H groups in total. The lowest BCUT2D eigenvalue weighted by Crippen LogP contribution is -2.25. The molecule has 20 heavy (non-hydrogen) atoms. The van der Waals surface area contributed by atoms with Crippen LogP contribution in [0, 0.1) is 0 Å². The summed E-state index contributed by atoms with van der Waals surface area (Å²) in [5.41, 5.74) is 0.877. The fourth-order valence-electron chi connectivity index (χ4n) is 2.03. The van der Waals surface area contributed by atoms with Crippen LogP contribution in [0.25, 0.3) is 0 Å². The van der Waals surface area contributed by atoms with Gasteiger partial charge in [0.05, 0.1) is 23.5 Å². The zero-order valence-electron chi connectivity index (χ0n) is 11.7. The van der Waals surface area contributed by atoms with Crippen molar-refractivity contribution in [3.8, 4) is 0 Å². The van der Waals surface area contributed by atoms with E-state index in [2.05, 4.69) is 15.3 Å². The molecule has 2 rings (SSSR count). The normalized spacial score (nSPS) is 13.1. The molecule has 0 radical (unpaired) electrons. The summed E-state index contributed by atoms with van der Waals surface area (Å²) in [6.07, 6.45) is 1.65. The molecule has 0 saturated carbocycles. The van der Waals surface area contributed by atoms with Crippen molar-refractivity contribution in [2.75, 3.05) is 27.7 Å². The molecule has 2 aromatic heterocycles. The second-order valence-corrected chi connectivity index (χ2v) is 5.55. The Bertz CT molecular complexity index is 564. The minimum atomic E-state index is -0.181. The van der Waals surface area contributed by atoms with Crippen molar-refractivity contribution in [1.82, 2.24) is 20.0 Å². The Hall–Kier alpha value is -1.01. The van der Waals surface area contributed by atoms with Gasteiger partial charge in [0.2, 0.25) is 0 Å². The first-order valence-electron chi connectivity index (χ1n) is 6.31. The van der Waals surface area contributed by atoms with Crippen LogP contribution in [0.15, 0.2) is 22.7 Å². The van der Waals surface area contributed by atoms with Crippen molar-refractivity contribution in [2.45, 2.75) is 12.6 Å². The Labute approximate surface area is 128 Å².